The standard InChI is InChI=1S/2C21H17Cl3N2O2.C21H21Cl3N2O.C20H19Cl3N2O.C19H19Cl3N2OS/c22-16-3-1-14(2-4-16)20-12-25(21(27)15-7-10-28-13-15)8-9-26(20)19-6-5-17(23)11-18(19)24;22-15-5-3-14(4-6-15)19-13-25(21(27)20-2-1-11-28-20)9-10-26(19)18-8-7-16(23)12-17(18)24;22-16-5-3-15(4-6-16)20-13-25(21(27)11-14-1-2-14)9-10-26(20)19-8-7-17(23)12-18(19)24;21-15-5-3-13(4-6-15)19-12-24(20(26)14-1-2-14)9-10-25(19)18-8-7-16(22)11-17(18)23;20-14-3-1-13(2-4-14)18-12-23(19(25)7-10-26)8-9-24(18)17-6-5-15(21)11-16(17)22/h1-7,10-11,13,20H,8-9,12H2;1-8,11-12,19H,9-10,13H2;3-8,12,14,20H,1-2,9-11,13H2;3-8,11,14,19H,1-2,9-10,12H2;1-6,11,18,26H,7-10,12H2. The van der Waals surface area contributed by atoms with Crippen molar-refractivity contribution >= 4 is 245 Å². The maximum Gasteiger partial charge on any atom is 0.289 e. The Morgan fingerprint density at radius 2 is 0.593 bits per heavy atom. The third-order valence-electron chi connectivity index (χ3n) is 24.8. The molecule has 0 spiro atoms. The van der Waals surface area contributed by atoms with Gasteiger partial charge in [-0.15, -0.1) is 0 Å². The summed E-state index contributed by atoms with van der Waals surface area (Å²) in [6.45, 7) is 9.50. The largest absolute Gasteiger partial charge is 0.472 e. The van der Waals surface area contributed by atoms with Crippen molar-refractivity contribution in [1.82, 2.24) is 24.5 Å². The number of rotatable bonds is 17. The third kappa shape index (κ3) is 26.3. The lowest BCUT2D eigenvalue weighted by molar-refractivity contribution is -0.133. The Bertz CT molecular complexity index is 5930. The first kappa shape index (κ1) is 101. The molecule has 0 N–H and O–H groups in total. The Morgan fingerprint density at radius 3 is 0.874 bits per heavy atom. The number of thiol groups is 1. The molecule has 704 valence electrons. The summed E-state index contributed by atoms with van der Waals surface area (Å²) < 4.78 is 10.4. The number of furan rings is 2. The second-order valence-electron chi connectivity index (χ2n) is 33.6. The minimum absolute atomic E-state index is 0.0106. The molecular formula is C102H93Cl15N10O7S. The van der Waals surface area contributed by atoms with E-state index >= 15 is 0 Å². The molecule has 5 unspecified atom stereocenters. The predicted molar refractivity (Wildman–Crippen MR) is 558 cm³/mol. The topological polar surface area (TPSA) is 144 Å². The number of carbonyl (C=O) groups excluding carboxylic acids is 5. The highest BCUT2D eigenvalue weighted by atomic mass is 35.5. The van der Waals surface area contributed by atoms with Gasteiger partial charge in [-0.3, -0.25) is 24.0 Å². The van der Waals surface area contributed by atoms with Crippen LogP contribution < -0.4 is 24.5 Å². The Morgan fingerprint density at radius 1 is 0.304 bits per heavy atom. The summed E-state index contributed by atoms with van der Waals surface area (Å²) >= 11 is 97.2. The number of halogens is 15. The van der Waals surface area contributed by atoms with Gasteiger partial charge in [-0.05, 0) is 235 Å². The van der Waals surface area contributed by atoms with E-state index in [0.717, 1.165) is 82.2 Å². The summed E-state index contributed by atoms with van der Waals surface area (Å²) in [5.41, 5.74) is 10.5. The van der Waals surface area contributed by atoms with Crippen LogP contribution >= 0.6 is 187 Å². The lowest BCUT2D eigenvalue weighted by Gasteiger charge is -2.43. The SMILES string of the molecule is O=C(C1CC1)N1CCN(c2ccc(Cl)cc2Cl)C(c2ccc(Cl)cc2)C1.O=C(CC1CC1)N1CCN(c2ccc(Cl)cc2Cl)C(c2ccc(Cl)cc2)C1.O=C(CCS)N1CCN(c2ccc(Cl)cc2Cl)C(c2ccc(Cl)cc2)C1.O=C(c1ccco1)N1CCN(c2ccc(Cl)cc2Cl)C(c2ccc(Cl)cc2)C1.O=C(c1ccoc1)N1CCN(c2ccc(Cl)cc2Cl)C(c2ccc(Cl)cc2)C1. The first-order chi connectivity index (χ1) is 65.1. The van der Waals surface area contributed by atoms with Gasteiger partial charge in [0.15, 0.2) is 5.76 Å². The van der Waals surface area contributed by atoms with E-state index in [1.165, 1.54) is 31.6 Å². The van der Waals surface area contributed by atoms with E-state index in [4.69, 9.17) is 183 Å². The average molecular weight is 2130 g/mol. The van der Waals surface area contributed by atoms with Crippen LogP contribution in [0.5, 0.6) is 0 Å². The molecule has 5 amide bonds. The van der Waals surface area contributed by atoms with Crippen LogP contribution in [0, 0.1) is 11.8 Å². The molecule has 2 saturated carbocycles. The van der Waals surface area contributed by atoms with Crippen LogP contribution in [0.1, 0.15) is 117 Å². The Balaban J connectivity index is 0.000000129. The summed E-state index contributed by atoms with van der Waals surface area (Å²) in [5, 5.41) is 9.44. The minimum Gasteiger partial charge on any atom is -0.472 e. The molecule has 19 rings (SSSR count). The summed E-state index contributed by atoms with van der Waals surface area (Å²) in [7, 11) is 0. The first-order valence-corrected chi connectivity index (χ1v) is 50.3. The van der Waals surface area contributed by atoms with Gasteiger partial charge in [0.2, 0.25) is 17.7 Å². The second-order valence-corrected chi connectivity index (χ2v) is 40.5. The lowest BCUT2D eigenvalue weighted by Crippen LogP contribution is -2.51. The van der Waals surface area contributed by atoms with E-state index in [2.05, 4.69) is 37.1 Å². The molecule has 7 aliphatic rings. The summed E-state index contributed by atoms with van der Waals surface area (Å²) in [5.74, 6) is 2.22. The number of hydrogen-bond donors (Lipinski definition) is 1. The molecule has 5 saturated heterocycles. The molecule has 10 aromatic carbocycles. The van der Waals surface area contributed by atoms with Crippen molar-refractivity contribution in [2.24, 2.45) is 11.8 Å². The van der Waals surface area contributed by atoms with Gasteiger partial charge >= 0.3 is 0 Å². The normalized spacial score (nSPS) is 18.4. The Kier molecular flexibility index (Phi) is 35.4. The molecule has 7 fully saturated rings. The second kappa shape index (κ2) is 47.2. The molecule has 5 aliphatic heterocycles. The van der Waals surface area contributed by atoms with Crippen LogP contribution in [0.3, 0.4) is 0 Å². The van der Waals surface area contributed by atoms with Gasteiger partial charge in [0.05, 0.1) is 102 Å². The van der Waals surface area contributed by atoms with Gasteiger partial charge in [0.25, 0.3) is 11.8 Å². The fraction of sp³-hybridized carbons (Fsp3) is 0.284. The Hall–Kier alpha value is -8.19. The third-order valence-corrected chi connectivity index (χ3v) is 28.9. The number of benzene rings is 10. The molecule has 0 bridgehead atoms. The van der Waals surface area contributed by atoms with Crippen LogP contribution in [-0.4, -0.2) is 158 Å². The zero-order valence-electron chi connectivity index (χ0n) is 72.7. The molecular weight excluding hydrogens is 2040 g/mol. The van der Waals surface area contributed by atoms with Crippen molar-refractivity contribution in [3.05, 3.63) is 364 Å². The highest BCUT2D eigenvalue weighted by Gasteiger charge is 2.41. The predicted octanol–water partition coefficient (Wildman–Crippen LogP) is 28.5. The fourth-order valence-corrected chi connectivity index (χ4v) is 20.9. The van der Waals surface area contributed by atoms with Crippen molar-refractivity contribution in [2.45, 2.75) is 68.7 Å². The number of anilines is 5. The van der Waals surface area contributed by atoms with Crippen molar-refractivity contribution in [2.75, 3.05) is 128 Å². The van der Waals surface area contributed by atoms with E-state index in [-0.39, 0.29) is 65.7 Å². The van der Waals surface area contributed by atoms with Crippen LogP contribution in [0.2, 0.25) is 75.3 Å². The number of nitrogens with zero attached hydrogens (tertiary/aromatic N) is 10. The van der Waals surface area contributed by atoms with Crippen LogP contribution in [0.25, 0.3) is 0 Å². The quantitative estimate of drug-likeness (QED) is 0.0867. The molecule has 12 aromatic rings. The average Bonchev–Trinajstić information content (AvgIpc) is 1.76. The maximum absolute atomic E-state index is 12.8. The van der Waals surface area contributed by atoms with Crippen molar-refractivity contribution < 1.29 is 32.8 Å². The van der Waals surface area contributed by atoms with Gasteiger partial charge in [-0.25, -0.2) is 0 Å². The molecule has 17 nitrogen and oxygen atoms in total. The number of amides is 5. The molecule has 7 heterocycles. The van der Waals surface area contributed by atoms with Gasteiger partial charge in [0, 0.05) is 167 Å². The first-order valence-electron chi connectivity index (χ1n) is 44.0. The van der Waals surface area contributed by atoms with Crippen molar-refractivity contribution in [3.8, 4) is 0 Å². The smallest absolute Gasteiger partial charge is 0.289 e. The van der Waals surface area contributed by atoms with E-state index in [0.29, 0.717) is 196 Å². The van der Waals surface area contributed by atoms with Crippen molar-refractivity contribution in [1.29, 1.82) is 0 Å². The zero-order valence-corrected chi connectivity index (χ0v) is 84.9. The summed E-state index contributed by atoms with van der Waals surface area (Å²) in [6.07, 6.45) is 10.0. The van der Waals surface area contributed by atoms with E-state index in [1.54, 1.807) is 53.4 Å². The highest BCUT2D eigenvalue weighted by molar-refractivity contribution is 7.80. The Labute approximate surface area is 866 Å². The highest BCUT2D eigenvalue weighted by Crippen LogP contribution is 2.46. The van der Waals surface area contributed by atoms with Gasteiger partial charge in [0.1, 0.15) is 6.26 Å². The van der Waals surface area contributed by atoms with E-state index in [9.17, 15) is 24.0 Å². The molecule has 2 aromatic heterocycles. The monoisotopic (exact) mass is 2130 g/mol. The minimum atomic E-state index is -0.120. The number of piperazine rings is 5. The van der Waals surface area contributed by atoms with Gasteiger partial charge in [-0.2, -0.15) is 12.6 Å². The fourth-order valence-electron chi connectivity index (χ4n) is 17.5. The van der Waals surface area contributed by atoms with Crippen molar-refractivity contribution in [3.63, 3.8) is 0 Å². The zero-order chi connectivity index (χ0) is 95.3. The summed E-state index contributed by atoms with van der Waals surface area (Å²) in [6, 6.07) is 71.3. The summed E-state index contributed by atoms with van der Waals surface area (Å²) in [4.78, 5) is 84.0. The molecule has 33 heteroatoms. The lowest BCUT2D eigenvalue weighted by atomic mass is 10.0. The van der Waals surface area contributed by atoms with Gasteiger partial charge in [-0.1, -0.05) is 235 Å². The van der Waals surface area contributed by atoms with E-state index in [1.807, 2.05) is 202 Å². The maximum atomic E-state index is 12.8. The van der Waals surface area contributed by atoms with Crippen LogP contribution in [0.4, 0.5) is 28.4 Å². The molecule has 0 radical (unpaired) electrons. The number of carbonyl (C=O) groups is 5. The van der Waals surface area contributed by atoms with Crippen LogP contribution in [-0.2, 0) is 14.4 Å². The van der Waals surface area contributed by atoms with Crippen LogP contribution in [0.15, 0.2) is 258 Å². The van der Waals surface area contributed by atoms with E-state index < -0.39 is 0 Å². The number of hydrogen-bond acceptors (Lipinski definition) is 13. The molecule has 5 atom stereocenters. The molecule has 135 heavy (non-hydrogen) atoms. The van der Waals surface area contributed by atoms with Gasteiger partial charge < -0.3 is 57.8 Å². The molecule has 2 aliphatic carbocycles.